The number of hydrogen-bond acceptors (Lipinski definition) is 2. The molecule has 3 nitrogen and oxygen atoms in total. The van der Waals surface area contributed by atoms with Crippen LogP contribution in [0, 0.1) is 0 Å². The molecule has 0 aromatic rings. The molecule has 17 heavy (non-hydrogen) atoms. The highest BCUT2D eigenvalue weighted by molar-refractivity contribution is 5.74. The lowest BCUT2D eigenvalue weighted by molar-refractivity contribution is -0.119. The van der Waals surface area contributed by atoms with Gasteiger partial charge in [0.15, 0.2) is 0 Å². The van der Waals surface area contributed by atoms with Crippen LogP contribution in [0.2, 0.25) is 0 Å². The van der Waals surface area contributed by atoms with Gasteiger partial charge in [-0.2, -0.15) is 0 Å². The van der Waals surface area contributed by atoms with E-state index in [0.717, 1.165) is 0 Å². The predicted molar refractivity (Wildman–Crippen MR) is 75.7 cm³/mol. The minimum atomic E-state index is -0.347. The first kappa shape index (κ1) is 18.0. The Kier molecular flexibility index (Phi) is 10.4. The number of amides is 1. The van der Waals surface area contributed by atoms with Crippen LogP contribution in [0.4, 0.5) is 0 Å². The second-order valence-corrected chi connectivity index (χ2v) is 3.57. The zero-order valence-corrected chi connectivity index (χ0v) is 11.9. The molecular weight excluding hydrogens is 212 g/mol. The van der Waals surface area contributed by atoms with Gasteiger partial charge in [0.2, 0.25) is 5.91 Å². The van der Waals surface area contributed by atoms with Crippen molar-refractivity contribution >= 4 is 5.91 Å². The van der Waals surface area contributed by atoms with Gasteiger partial charge in [-0.1, -0.05) is 49.8 Å². The Morgan fingerprint density at radius 3 is 2.29 bits per heavy atom. The van der Waals surface area contributed by atoms with E-state index >= 15 is 0 Å². The molecule has 3 heteroatoms. The summed E-state index contributed by atoms with van der Waals surface area (Å²) in [6, 6.07) is 0. The van der Waals surface area contributed by atoms with Crippen molar-refractivity contribution in [3.63, 3.8) is 0 Å². The maximum atomic E-state index is 10.9. The molecule has 0 aromatic carbocycles. The number of nitrogens with two attached hydrogens (primary N) is 1. The fourth-order valence-corrected chi connectivity index (χ4v) is 1.28. The van der Waals surface area contributed by atoms with Gasteiger partial charge in [0.25, 0.3) is 0 Å². The highest BCUT2D eigenvalue weighted by Gasteiger charge is 2.18. The van der Waals surface area contributed by atoms with Crippen LogP contribution in [-0.4, -0.2) is 18.5 Å². The van der Waals surface area contributed by atoms with E-state index in [0.29, 0.717) is 0 Å². The molecule has 98 valence electrons. The summed E-state index contributed by atoms with van der Waals surface area (Å²) in [6.07, 6.45) is 9.95. The summed E-state index contributed by atoms with van der Waals surface area (Å²) >= 11 is 0. The zero-order valence-electron chi connectivity index (χ0n) is 11.9. The highest BCUT2D eigenvalue weighted by atomic mass is 16.1. The van der Waals surface area contributed by atoms with E-state index in [1.807, 2.05) is 58.1 Å². The zero-order chi connectivity index (χ0) is 13.9. The second-order valence-electron chi connectivity index (χ2n) is 3.57. The molecule has 0 fully saturated rings. The normalized spacial score (nSPS) is 21.0. The van der Waals surface area contributed by atoms with Crippen LogP contribution in [0.1, 0.15) is 34.6 Å². The van der Waals surface area contributed by atoms with Gasteiger partial charge < -0.3 is 11.1 Å². The largest absolute Gasteiger partial charge is 0.344 e. The maximum absolute atomic E-state index is 10.9. The van der Waals surface area contributed by atoms with Gasteiger partial charge in [-0.05, 0) is 20.9 Å². The molecule has 1 atom stereocenters. The first-order chi connectivity index (χ1) is 8.02. The highest BCUT2D eigenvalue weighted by Crippen LogP contribution is 2.13. The Hall–Kier alpha value is -1.35. The lowest BCUT2D eigenvalue weighted by Crippen LogP contribution is -2.41. The van der Waals surface area contributed by atoms with Crippen LogP contribution in [0.3, 0.4) is 0 Å². The van der Waals surface area contributed by atoms with E-state index in [2.05, 4.69) is 11.1 Å². The smallest absolute Gasteiger partial charge is 0.217 e. The lowest BCUT2D eigenvalue weighted by atomic mass is 10.0. The summed E-state index contributed by atoms with van der Waals surface area (Å²) in [5.41, 5.74) is 5.34. The number of hydrogen-bond donors (Lipinski definition) is 2. The van der Waals surface area contributed by atoms with E-state index < -0.39 is 0 Å². The summed E-state index contributed by atoms with van der Waals surface area (Å²) in [7, 11) is 1.50. The van der Waals surface area contributed by atoms with Gasteiger partial charge in [0, 0.05) is 6.92 Å². The lowest BCUT2D eigenvalue weighted by Gasteiger charge is -2.22. The van der Waals surface area contributed by atoms with E-state index in [9.17, 15) is 4.79 Å². The molecule has 1 rings (SSSR count). The van der Waals surface area contributed by atoms with E-state index in [4.69, 9.17) is 0 Å². The van der Waals surface area contributed by atoms with Crippen molar-refractivity contribution in [2.45, 2.75) is 40.2 Å². The third-order valence-corrected chi connectivity index (χ3v) is 1.94. The summed E-state index contributed by atoms with van der Waals surface area (Å²) in [6.45, 7) is 9.52. The van der Waals surface area contributed by atoms with Crippen molar-refractivity contribution in [3.8, 4) is 0 Å². The number of nitrogens with one attached hydrogen (secondary N) is 1. The Morgan fingerprint density at radius 2 is 1.82 bits per heavy atom. The molecule has 1 unspecified atom stereocenters. The average molecular weight is 238 g/mol. The first-order valence-electron chi connectivity index (χ1n) is 5.94. The number of carbonyl (C=O) groups excluding carboxylic acids is 1. The molecule has 1 amide bonds. The minimum absolute atomic E-state index is 0.0173. The van der Waals surface area contributed by atoms with Crippen LogP contribution in [0.15, 0.2) is 36.0 Å². The predicted octanol–water partition coefficient (Wildman–Crippen LogP) is 2.55. The Labute approximate surface area is 105 Å². The number of rotatable bonds is 1. The van der Waals surface area contributed by atoms with Gasteiger partial charge in [0.1, 0.15) is 0 Å². The van der Waals surface area contributed by atoms with E-state index in [1.54, 1.807) is 0 Å². The standard InChI is InChI=1S/C11H15NO.C2H6.CH5N/c1-9-5-4-7-11(3,8-6-9)12-10(2)13;2*1-2/h4-8H,1-3H3,(H,12,13);1-2H3;2H2,1H3. The van der Waals surface area contributed by atoms with Crippen molar-refractivity contribution in [1.29, 1.82) is 0 Å². The monoisotopic (exact) mass is 238 g/mol. The molecule has 1 aliphatic rings. The van der Waals surface area contributed by atoms with Crippen LogP contribution in [-0.2, 0) is 4.79 Å². The molecule has 0 saturated heterocycles. The Bertz CT molecular complexity index is 303. The summed E-state index contributed by atoms with van der Waals surface area (Å²) < 4.78 is 0. The topological polar surface area (TPSA) is 55.1 Å². The third kappa shape index (κ3) is 8.46. The van der Waals surface area contributed by atoms with E-state index in [-0.39, 0.29) is 11.4 Å². The quantitative estimate of drug-likeness (QED) is 0.737. The SMILES string of the molecule is CC.CC(=O)NC1(C)C=CC=C(C)C=C1.CN. The third-order valence-electron chi connectivity index (χ3n) is 1.94. The van der Waals surface area contributed by atoms with Crippen molar-refractivity contribution in [2.75, 3.05) is 7.05 Å². The van der Waals surface area contributed by atoms with Crippen molar-refractivity contribution in [1.82, 2.24) is 5.32 Å². The molecule has 0 aromatic heterocycles. The summed E-state index contributed by atoms with van der Waals surface area (Å²) in [4.78, 5) is 10.9. The fraction of sp³-hybridized carbons (Fsp3) is 0.500. The molecular formula is C14H26N2O. The van der Waals surface area contributed by atoms with Gasteiger partial charge in [0.05, 0.1) is 5.54 Å². The van der Waals surface area contributed by atoms with Gasteiger partial charge in [-0.3, -0.25) is 4.79 Å². The molecule has 0 spiro atoms. The van der Waals surface area contributed by atoms with Crippen LogP contribution < -0.4 is 11.1 Å². The fourth-order valence-electron chi connectivity index (χ4n) is 1.28. The van der Waals surface area contributed by atoms with Gasteiger partial charge in [-0.15, -0.1) is 0 Å². The summed E-state index contributed by atoms with van der Waals surface area (Å²) in [5, 5.41) is 2.87. The molecule has 0 radical (unpaired) electrons. The van der Waals surface area contributed by atoms with E-state index in [1.165, 1.54) is 19.5 Å². The maximum Gasteiger partial charge on any atom is 0.217 e. The minimum Gasteiger partial charge on any atom is -0.344 e. The molecule has 1 aliphatic carbocycles. The molecule has 0 saturated carbocycles. The van der Waals surface area contributed by atoms with Crippen LogP contribution in [0.5, 0.6) is 0 Å². The van der Waals surface area contributed by atoms with Crippen LogP contribution >= 0.6 is 0 Å². The molecule has 0 aliphatic heterocycles. The van der Waals surface area contributed by atoms with Crippen molar-refractivity contribution in [2.24, 2.45) is 5.73 Å². The summed E-state index contributed by atoms with van der Waals surface area (Å²) in [5.74, 6) is -0.0173. The second kappa shape index (κ2) is 9.85. The average Bonchev–Trinajstić information content (AvgIpc) is 2.46. The number of carbonyl (C=O) groups is 1. The molecule has 3 N–H and O–H groups in total. The Morgan fingerprint density at radius 1 is 1.29 bits per heavy atom. The van der Waals surface area contributed by atoms with Gasteiger partial charge in [-0.25, -0.2) is 0 Å². The number of allylic oxidation sites excluding steroid dienone is 4. The first-order valence-corrected chi connectivity index (χ1v) is 5.94. The van der Waals surface area contributed by atoms with Gasteiger partial charge >= 0.3 is 0 Å². The molecule has 0 bridgehead atoms. The van der Waals surface area contributed by atoms with Crippen LogP contribution in [0.25, 0.3) is 0 Å². The van der Waals surface area contributed by atoms with Crippen molar-refractivity contribution < 1.29 is 4.79 Å². The Balaban J connectivity index is 0. The van der Waals surface area contributed by atoms with Crippen molar-refractivity contribution in [3.05, 3.63) is 36.0 Å². The molecule has 0 heterocycles.